The van der Waals surface area contributed by atoms with Gasteiger partial charge in [-0.1, -0.05) is 6.07 Å². The maximum atomic E-state index is 9.45. The summed E-state index contributed by atoms with van der Waals surface area (Å²) >= 11 is 0. The van der Waals surface area contributed by atoms with Gasteiger partial charge in [0.25, 0.3) is 0 Å². The fraction of sp³-hybridized carbons (Fsp3) is 0.455. The maximum Gasteiger partial charge on any atom is 0.118 e. The van der Waals surface area contributed by atoms with Crippen molar-refractivity contribution >= 4 is 0 Å². The van der Waals surface area contributed by atoms with Crippen molar-refractivity contribution < 1.29 is 5.11 Å². The summed E-state index contributed by atoms with van der Waals surface area (Å²) in [5.74, 6) is 0.389. The first-order valence-electron chi connectivity index (χ1n) is 4.45. The van der Waals surface area contributed by atoms with Crippen LogP contribution in [-0.4, -0.2) is 24.1 Å². The van der Waals surface area contributed by atoms with Crippen molar-refractivity contribution in [2.24, 2.45) is 0 Å². The predicted octanol–water partition coefficient (Wildman–Crippen LogP) is 2.07. The Bertz CT molecular complexity index is 305. The molecule has 0 fully saturated rings. The molecule has 1 aromatic carbocycles. The second kappa shape index (κ2) is 3.79. The van der Waals surface area contributed by atoms with Crippen LogP contribution in [0.25, 0.3) is 0 Å². The molecule has 0 aliphatic heterocycles. The summed E-state index contributed by atoms with van der Waals surface area (Å²) in [7, 11) is 4.09. The lowest BCUT2D eigenvalue weighted by Gasteiger charge is -2.14. The quantitative estimate of drug-likeness (QED) is 0.751. The molecule has 0 heterocycles. The van der Waals surface area contributed by atoms with Crippen LogP contribution in [0, 0.1) is 13.8 Å². The Labute approximate surface area is 79.8 Å². The highest BCUT2D eigenvalue weighted by atomic mass is 16.3. The zero-order valence-corrected chi connectivity index (χ0v) is 8.76. The molecule has 2 nitrogen and oxygen atoms in total. The zero-order valence-electron chi connectivity index (χ0n) is 8.76. The van der Waals surface area contributed by atoms with Crippen LogP contribution in [0.4, 0.5) is 0 Å². The van der Waals surface area contributed by atoms with Gasteiger partial charge in [-0.2, -0.15) is 0 Å². The fourth-order valence-electron chi connectivity index (χ4n) is 1.37. The number of phenols is 1. The highest BCUT2D eigenvalue weighted by molar-refractivity contribution is 5.42. The SMILES string of the molecule is Cc1c(O)ccc(CN(C)C)c1C. The minimum Gasteiger partial charge on any atom is -0.508 e. The van der Waals surface area contributed by atoms with E-state index in [1.54, 1.807) is 6.07 Å². The number of benzene rings is 1. The van der Waals surface area contributed by atoms with Gasteiger partial charge >= 0.3 is 0 Å². The smallest absolute Gasteiger partial charge is 0.118 e. The third-order valence-corrected chi connectivity index (χ3v) is 2.36. The Morgan fingerprint density at radius 1 is 1.15 bits per heavy atom. The van der Waals surface area contributed by atoms with Crippen LogP contribution in [0.2, 0.25) is 0 Å². The summed E-state index contributed by atoms with van der Waals surface area (Å²) in [4.78, 5) is 2.12. The number of rotatable bonds is 2. The molecule has 0 aromatic heterocycles. The molecule has 0 amide bonds. The first kappa shape index (κ1) is 10.1. The van der Waals surface area contributed by atoms with Crippen LogP contribution in [0.1, 0.15) is 16.7 Å². The number of hydrogen-bond donors (Lipinski definition) is 1. The van der Waals surface area contributed by atoms with Gasteiger partial charge < -0.3 is 10.0 Å². The summed E-state index contributed by atoms with van der Waals surface area (Å²) in [5.41, 5.74) is 3.45. The van der Waals surface area contributed by atoms with E-state index in [1.165, 1.54) is 11.1 Å². The zero-order chi connectivity index (χ0) is 10.0. The largest absolute Gasteiger partial charge is 0.508 e. The predicted molar refractivity (Wildman–Crippen MR) is 55.0 cm³/mol. The maximum absolute atomic E-state index is 9.45. The fourth-order valence-corrected chi connectivity index (χ4v) is 1.37. The molecule has 1 N–H and O–H groups in total. The second-order valence-electron chi connectivity index (χ2n) is 3.73. The van der Waals surface area contributed by atoms with Crippen LogP contribution >= 0.6 is 0 Å². The molecule has 0 atom stereocenters. The van der Waals surface area contributed by atoms with E-state index in [9.17, 15) is 5.11 Å². The van der Waals surface area contributed by atoms with Crippen molar-refractivity contribution in [2.45, 2.75) is 20.4 Å². The Hall–Kier alpha value is -1.02. The molecule has 0 radical (unpaired) electrons. The Morgan fingerprint density at radius 3 is 2.31 bits per heavy atom. The van der Waals surface area contributed by atoms with E-state index < -0.39 is 0 Å². The molecule has 0 saturated carbocycles. The molecule has 0 saturated heterocycles. The van der Waals surface area contributed by atoms with Crippen LogP contribution in [0.3, 0.4) is 0 Å². The minimum absolute atomic E-state index is 0.389. The van der Waals surface area contributed by atoms with Crippen molar-refractivity contribution in [3.63, 3.8) is 0 Å². The number of nitrogens with zero attached hydrogens (tertiary/aromatic N) is 1. The molecule has 72 valence electrons. The van der Waals surface area contributed by atoms with E-state index in [1.807, 2.05) is 34.0 Å². The van der Waals surface area contributed by atoms with Crippen molar-refractivity contribution in [3.8, 4) is 5.75 Å². The average Bonchev–Trinajstić information content (AvgIpc) is 2.06. The number of aromatic hydroxyl groups is 1. The lowest BCUT2D eigenvalue weighted by molar-refractivity contribution is 0.400. The lowest BCUT2D eigenvalue weighted by atomic mass is 10.0. The Kier molecular flexibility index (Phi) is 2.94. The highest BCUT2D eigenvalue weighted by Crippen LogP contribution is 2.23. The molecule has 0 spiro atoms. The third-order valence-electron chi connectivity index (χ3n) is 2.36. The van der Waals surface area contributed by atoms with E-state index in [2.05, 4.69) is 4.90 Å². The van der Waals surface area contributed by atoms with Crippen molar-refractivity contribution in [3.05, 3.63) is 28.8 Å². The first-order chi connectivity index (χ1) is 6.02. The van der Waals surface area contributed by atoms with Crippen LogP contribution in [0.15, 0.2) is 12.1 Å². The van der Waals surface area contributed by atoms with E-state index in [4.69, 9.17) is 0 Å². The molecule has 1 aromatic rings. The highest BCUT2D eigenvalue weighted by Gasteiger charge is 2.05. The third kappa shape index (κ3) is 2.22. The van der Waals surface area contributed by atoms with Crippen molar-refractivity contribution in [1.29, 1.82) is 0 Å². The molecule has 13 heavy (non-hydrogen) atoms. The van der Waals surface area contributed by atoms with Gasteiger partial charge in [-0.3, -0.25) is 0 Å². The Balaban J connectivity index is 3.04. The number of hydrogen-bond acceptors (Lipinski definition) is 2. The summed E-state index contributed by atoms with van der Waals surface area (Å²) in [5, 5.41) is 9.45. The minimum atomic E-state index is 0.389. The van der Waals surface area contributed by atoms with E-state index in [0.717, 1.165) is 12.1 Å². The topological polar surface area (TPSA) is 23.5 Å². The summed E-state index contributed by atoms with van der Waals surface area (Å²) in [6, 6.07) is 3.75. The van der Waals surface area contributed by atoms with Crippen LogP contribution < -0.4 is 0 Å². The van der Waals surface area contributed by atoms with Gasteiger partial charge in [0.15, 0.2) is 0 Å². The summed E-state index contributed by atoms with van der Waals surface area (Å²) in [6.07, 6.45) is 0. The van der Waals surface area contributed by atoms with Crippen molar-refractivity contribution in [2.75, 3.05) is 14.1 Å². The van der Waals surface area contributed by atoms with Gasteiger partial charge in [-0.15, -0.1) is 0 Å². The van der Waals surface area contributed by atoms with Crippen LogP contribution in [-0.2, 0) is 6.54 Å². The van der Waals surface area contributed by atoms with Gasteiger partial charge in [0, 0.05) is 6.54 Å². The first-order valence-corrected chi connectivity index (χ1v) is 4.45. The van der Waals surface area contributed by atoms with E-state index in [-0.39, 0.29) is 0 Å². The molecule has 0 bridgehead atoms. The van der Waals surface area contributed by atoms with Gasteiger partial charge in [-0.25, -0.2) is 0 Å². The standard InChI is InChI=1S/C11H17NO/c1-8-9(2)11(13)6-5-10(8)7-12(3)4/h5-6,13H,7H2,1-4H3. The molecule has 1 rings (SSSR count). The average molecular weight is 179 g/mol. The molecular formula is C11H17NO. The normalized spacial score (nSPS) is 10.8. The van der Waals surface area contributed by atoms with Gasteiger partial charge in [0.05, 0.1) is 0 Å². The van der Waals surface area contributed by atoms with E-state index in [0.29, 0.717) is 5.75 Å². The van der Waals surface area contributed by atoms with Gasteiger partial charge in [-0.05, 0) is 50.7 Å². The molecule has 2 heteroatoms. The van der Waals surface area contributed by atoms with Gasteiger partial charge in [0.2, 0.25) is 0 Å². The lowest BCUT2D eigenvalue weighted by Crippen LogP contribution is -2.11. The van der Waals surface area contributed by atoms with Crippen LogP contribution in [0.5, 0.6) is 5.75 Å². The second-order valence-corrected chi connectivity index (χ2v) is 3.73. The van der Waals surface area contributed by atoms with Gasteiger partial charge in [0.1, 0.15) is 5.75 Å². The molecule has 0 aliphatic carbocycles. The van der Waals surface area contributed by atoms with E-state index >= 15 is 0 Å². The number of phenolic OH excluding ortho intramolecular Hbond substituents is 1. The molecular weight excluding hydrogens is 162 g/mol. The summed E-state index contributed by atoms with van der Waals surface area (Å²) in [6.45, 7) is 4.92. The molecule has 0 aliphatic rings. The monoisotopic (exact) mass is 179 g/mol. The molecule has 0 unspecified atom stereocenters. The summed E-state index contributed by atoms with van der Waals surface area (Å²) < 4.78 is 0. The Morgan fingerprint density at radius 2 is 1.77 bits per heavy atom. The van der Waals surface area contributed by atoms with Crippen molar-refractivity contribution in [1.82, 2.24) is 4.90 Å².